The number of carbonyl (C=O) groups excluding carboxylic acids is 3. The quantitative estimate of drug-likeness (QED) is 0.365. The van der Waals surface area contributed by atoms with Crippen molar-refractivity contribution in [3.63, 3.8) is 0 Å². The number of nitrogens with one attached hydrogen (secondary N) is 2. The summed E-state index contributed by atoms with van der Waals surface area (Å²) in [4.78, 5) is 49.4. The summed E-state index contributed by atoms with van der Waals surface area (Å²) in [5.74, 6) is 0.727. The van der Waals surface area contributed by atoms with Crippen LogP contribution in [0.5, 0.6) is 11.9 Å². The summed E-state index contributed by atoms with van der Waals surface area (Å²) in [7, 11) is 1.50. The molecule has 2 aliphatic rings. The first-order chi connectivity index (χ1) is 20.4. The topological polar surface area (TPSA) is 123 Å². The Kier molecular flexibility index (Phi) is 11.7. The molecule has 0 unspecified atom stereocenters. The molecule has 2 atom stereocenters. The molecule has 42 heavy (non-hydrogen) atoms. The molecular formula is C32H45N5O5. The fraction of sp³-hybridized carbons (Fsp3) is 0.594. The zero-order chi connectivity index (χ0) is 29.9. The predicted octanol–water partition coefficient (Wildman–Crippen LogP) is 4.04. The summed E-state index contributed by atoms with van der Waals surface area (Å²) in [6, 6.07) is 7.48. The van der Waals surface area contributed by atoms with Crippen molar-refractivity contribution in [2.75, 3.05) is 33.4 Å². The molecule has 2 aromatic rings. The van der Waals surface area contributed by atoms with E-state index in [0.717, 1.165) is 49.7 Å². The number of nitrogens with zero attached hydrogens (tertiary/aromatic N) is 3. The number of piperidine rings is 1. The van der Waals surface area contributed by atoms with E-state index in [-0.39, 0.29) is 42.0 Å². The van der Waals surface area contributed by atoms with E-state index in [1.807, 2.05) is 43.0 Å². The minimum atomic E-state index is -0.421. The molecule has 2 heterocycles. The van der Waals surface area contributed by atoms with Gasteiger partial charge in [0.05, 0.1) is 26.3 Å². The van der Waals surface area contributed by atoms with E-state index in [0.29, 0.717) is 44.1 Å². The maximum absolute atomic E-state index is 13.3. The van der Waals surface area contributed by atoms with Crippen molar-refractivity contribution in [3.8, 4) is 11.9 Å². The second-order valence-corrected chi connectivity index (χ2v) is 11.2. The van der Waals surface area contributed by atoms with Gasteiger partial charge in [0.1, 0.15) is 0 Å². The fourth-order valence-electron chi connectivity index (χ4n) is 6.06. The van der Waals surface area contributed by atoms with Gasteiger partial charge < -0.3 is 25.0 Å². The van der Waals surface area contributed by atoms with Crippen LogP contribution in [0.2, 0.25) is 0 Å². The van der Waals surface area contributed by atoms with Gasteiger partial charge in [-0.15, -0.1) is 0 Å². The van der Waals surface area contributed by atoms with E-state index in [1.165, 1.54) is 13.5 Å². The van der Waals surface area contributed by atoms with Crippen molar-refractivity contribution in [1.82, 2.24) is 25.5 Å². The number of hydrogen-bond donors (Lipinski definition) is 2. The van der Waals surface area contributed by atoms with Crippen LogP contribution in [0.3, 0.4) is 0 Å². The van der Waals surface area contributed by atoms with E-state index < -0.39 is 6.04 Å². The number of likely N-dealkylation sites (tertiary alicyclic amines) is 1. The molecule has 4 rings (SSSR count). The zero-order valence-corrected chi connectivity index (χ0v) is 25.2. The average Bonchev–Trinajstić information content (AvgIpc) is 3.04. The van der Waals surface area contributed by atoms with Gasteiger partial charge in [0, 0.05) is 49.3 Å². The second kappa shape index (κ2) is 15.6. The highest BCUT2D eigenvalue weighted by Crippen LogP contribution is 2.29. The van der Waals surface area contributed by atoms with Gasteiger partial charge in [-0.05, 0) is 56.2 Å². The van der Waals surface area contributed by atoms with Crippen molar-refractivity contribution >= 4 is 17.6 Å². The summed E-state index contributed by atoms with van der Waals surface area (Å²) >= 11 is 0. The van der Waals surface area contributed by atoms with E-state index in [1.54, 1.807) is 6.20 Å². The van der Waals surface area contributed by atoms with Crippen LogP contribution in [0.15, 0.2) is 30.5 Å². The van der Waals surface area contributed by atoms with Gasteiger partial charge in [0.25, 0.3) is 5.91 Å². The first-order valence-electron chi connectivity index (χ1n) is 15.4. The number of carbonyl (C=O) groups is 3. The molecule has 1 aromatic heterocycles. The van der Waals surface area contributed by atoms with E-state index >= 15 is 0 Å². The van der Waals surface area contributed by atoms with E-state index in [2.05, 4.69) is 20.6 Å². The standard InChI is InChI=1S/C32H45N5O5/c1-4-27(38)29(22-11-7-6-8-12-22)35-30(40)24-14-9-13-23(17-24)25-15-10-16-37(21-25)28(39)20-33-18-26-19-34-32(41-3)36-31(26)42-5-2/h9,13-14,17,19,22,25,29,33H,4-8,10-12,15-16,18,20-21H2,1-3H3,(H,35,40)/t25-,29-/m1/s1. The van der Waals surface area contributed by atoms with Gasteiger partial charge in [0.2, 0.25) is 11.8 Å². The molecule has 2 fully saturated rings. The van der Waals surface area contributed by atoms with Gasteiger partial charge in [-0.1, -0.05) is 38.3 Å². The summed E-state index contributed by atoms with van der Waals surface area (Å²) in [6.45, 7) is 6.08. The Morgan fingerprint density at radius 3 is 2.64 bits per heavy atom. The summed E-state index contributed by atoms with van der Waals surface area (Å²) in [5, 5.41) is 6.28. The SMILES string of the molecule is CCOc1nc(OC)ncc1CNCC(=O)N1CCC[C@@H](c2cccc(C(=O)N[C@@H](C(=O)CC)C3CCCCC3)c2)C1. The highest BCUT2D eigenvalue weighted by Gasteiger charge is 2.30. The third-order valence-electron chi connectivity index (χ3n) is 8.36. The largest absolute Gasteiger partial charge is 0.478 e. The van der Waals surface area contributed by atoms with Crippen LogP contribution in [0.1, 0.15) is 92.6 Å². The highest BCUT2D eigenvalue weighted by atomic mass is 16.5. The molecule has 228 valence electrons. The van der Waals surface area contributed by atoms with Crippen molar-refractivity contribution in [2.45, 2.75) is 83.7 Å². The summed E-state index contributed by atoms with van der Waals surface area (Å²) in [6.07, 6.45) is 9.29. The number of ketones is 1. The zero-order valence-electron chi connectivity index (χ0n) is 25.2. The lowest BCUT2D eigenvalue weighted by Crippen LogP contribution is -2.46. The molecule has 1 aromatic carbocycles. The number of hydrogen-bond acceptors (Lipinski definition) is 8. The van der Waals surface area contributed by atoms with Gasteiger partial charge in [0.15, 0.2) is 5.78 Å². The third kappa shape index (κ3) is 8.27. The van der Waals surface area contributed by atoms with Crippen LogP contribution in [0.4, 0.5) is 0 Å². The molecule has 1 aliphatic heterocycles. The van der Waals surface area contributed by atoms with E-state index in [9.17, 15) is 14.4 Å². The second-order valence-electron chi connectivity index (χ2n) is 11.2. The molecule has 1 aliphatic carbocycles. The molecule has 0 radical (unpaired) electrons. The minimum absolute atomic E-state index is 0.0226. The maximum atomic E-state index is 13.3. The normalized spacial score (nSPS) is 18.3. The number of amides is 2. The van der Waals surface area contributed by atoms with Crippen LogP contribution < -0.4 is 20.1 Å². The van der Waals surface area contributed by atoms with Crippen molar-refractivity contribution < 1.29 is 23.9 Å². The number of benzene rings is 1. The van der Waals surface area contributed by atoms with E-state index in [4.69, 9.17) is 9.47 Å². The Balaban J connectivity index is 1.34. The van der Waals surface area contributed by atoms with Crippen molar-refractivity contribution in [3.05, 3.63) is 47.2 Å². The van der Waals surface area contributed by atoms with Crippen LogP contribution >= 0.6 is 0 Å². The number of methoxy groups -OCH3 is 1. The predicted molar refractivity (Wildman–Crippen MR) is 160 cm³/mol. The molecule has 0 spiro atoms. The molecule has 2 N–H and O–H groups in total. The number of Topliss-reactive ketones (excluding diaryl/α,β-unsaturated/α-hetero) is 1. The number of aromatic nitrogens is 2. The molecule has 2 amide bonds. The smallest absolute Gasteiger partial charge is 0.319 e. The van der Waals surface area contributed by atoms with Crippen LogP contribution in [0, 0.1) is 5.92 Å². The lowest BCUT2D eigenvalue weighted by atomic mass is 9.81. The van der Waals surface area contributed by atoms with Gasteiger partial charge in [-0.3, -0.25) is 14.4 Å². The maximum Gasteiger partial charge on any atom is 0.319 e. The Bertz CT molecular complexity index is 1220. The average molecular weight is 580 g/mol. The minimum Gasteiger partial charge on any atom is -0.478 e. The lowest BCUT2D eigenvalue weighted by molar-refractivity contribution is -0.131. The van der Waals surface area contributed by atoms with Crippen LogP contribution in [0.25, 0.3) is 0 Å². The van der Waals surface area contributed by atoms with Gasteiger partial charge in [-0.2, -0.15) is 4.98 Å². The molecule has 10 heteroatoms. The van der Waals surface area contributed by atoms with Crippen molar-refractivity contribution in [1.29, 1.82) is 0 Å². The third-order valence-corrected chi connectivity index (χ3v) is 8.36. The summed E-state index contributed by atoms with van der Waals surface area (Å²) in [5.41, 5.74) is 2.36. The molecular weight excluding hydrogens is 534 g/mol. The molecule has 0 bridgehead atoms. The molecule has 10 nitrogen and oxygen atoms in total. The Morgan fingerprint density at radius 1 is 1.10 bits per heavy atom. The van der Waals surface area contributed by atoms with Gasteiger partial charge >= 0.3 is 6.01 Å². The fourth-order valence-corrected chi connectivity index (χ4v) is 6.06. The van der Waals surface area contributed by atoms with Crippen LogP contribution in [-0.4, -0.2) is 71.9 Å². The molecule has 1 saturated carbocycles. The van der Waals surface area contributed by atoms with Crippen molar-refractivity contribution in [2.24, 2.45) is 5.92 Å². The van der Waals surface area contributed by atoms with Crippen LogP contribution in [-0.2, 0) is 16.1 Å². The van der Waals surface area contributed by atoms with Gasteiger partial charge in [-0.25, -0.2) is 4.98 Å². The monoisotopic (exact) mass is 579 g/mol. The first kappa shape index (κ1) is 31.4. The Hall–Kier alpha value is -3.53. The number of rotatable bonds is 13. The highest BCUT2D eigenvalue weighted by molar-refractivity contribution is 5.98. The Labute approximate surface area is 249 Å². The molecule has 1 saturated heterocycles. The Morgan fingerprint density at radius 2 is 1.90 bits per heavy atom. The first-order valence-corrected chi connectivity index (χ1v) is 15.4. The summed E-state index contributed by atoms with van der Waals surface area (Å²) < 4.78 is 10.7. The number of ether oxygens (including phenoxy) is 2. The lowest BCUT2D eigenvalue weighted by Gasteiger charge is -2.33.